The van der Waals surface area contributed by atoms with E-state index in [9.17, 15) is 0 Å². The molecule has 15 heavy (non-hydrogen) atoms. The molecular formula is C14H19N. The second kappa shape index (κ2) is 8.95. The standard InChI is InChI=1S/C12H13N.C2H6/c1-3-6-11(4-2)9-12-7-5-8-13-10-12;1-2/h3-8,10H,1-2,9H2;1-2H3/b11-6+;. The van der Waals surface area contributed by atoms with E-state index in [1.54, 1.807) is 12.3 Å². The summed E-state index contributed by atoms with van der Waals surface area (Å²) in [7, 11) is 0. The molecule has 0 bridgehead atoms. The van der Waals surface area contributed by atoms with Crippen LogP contribution in [-0.4, -0.2) is 4.98 Å². The van der Waals surface area contributed by atoms with Crippen LogP contribution < -0.4 is 0 Å². The minimum Gasteiger partial charge on any atom is -0.264 e. The highest BCUT2D eigenvalue weighted by Crippen LogP contribution is 2.07. The molecule has 0 radical (unpaired) electrons. The first-order valence-electron chi connectivity index (χ1n) is 5.19. The summed E-state index contributed by atoms with van der Waals surface area (Å²) in [6, 6.07) is 3.98. The van der Waals surface area contributed by atoms with Crippen LogP contribution in [0.5, 0.6) is 0 Å². The van der Waals surface area contributed by atoms with E-state index in [-0.39, 0.29) is 0 Å². The molecule has 0 aliphatic rings. The molecule has 0 unspecified atom stereocenters. The Morgan fingerprint density at radius 1 is 1.40 bits per heavy atom. The highest BCUT2D eigenvalue weighted by atomic mass is 14.6. The van der Waals surface area contributed by atoms with Gasteiger partial charge in [0.15, 0.2) is 0 Å². The van der Waals surface area contributed by atoms with Gasteiger partial charge in [0.25, 0.3) is 0 Å². The second-order valence-corrected chi connectivity index (χ2v) is 2.72. The highest BCUT2D eigenvalue weighted by Gasteiger charge is 1.93. The minimum absolute atomic E-state index is 0.864. The van der Waals surface area contributed by atoms with Crippen LogP contribution in [0.25, 0.3) is 0 Å². The average molecular weight is 201 g/mol. The monoisotopic (exact) mass is 201 g/mol. The third-order valence-corrected chi connectivity index (χ3v) is 1.73. The smallest absolute Gasteiger partial charge is 0.0303 e. The van der Waals surface area contributed by atoms with Crippen molar-refractivity contribution in [1.29, 1.82) is 0 Å². The molecule has 0 amide bonds. The third kappa shape index (κ3) is 5.63. The van der Waals surface area contributed by atoms with Gasteiger partial charge < -0.3 is 0 Å². The predicted octanol–water partition coefficient (Wildman–Crippen LogP) is 3.95. The summed E-state index contributed by atoms with van der Waals surface area (Å²) < 4.78 is 0. The fourth-order valence-electron chi connectivity index (χ4n) is 1.09. The van der Waals surface area contributed by atoms with Crippen molar-refractivity contribution in [3.05, 3.63) is 67.0 Å². The average Bonchev–Trinajstić information content (AvgIpc) is 2.32. The van der Waals surface area contributed by atoms with Crippen molar-refractivity contribution >= 4 is 0 Å². The Morgan fingerprint density at radius 3 is 2.60 bits per heavy atom. The Balaban J connectivity index is 0.000000921. The first kappa shape index (κ1) is 13.4. The number of hydrogen-bond acceptors (Lipinski definition) is 1. The number of allylic oxidation sites excluding steroid dienone is 4. The van der Waals surface area contributed by atoms with Gasteiger partial charge in [0.2, 0.25) is 0 Å². The van der Waals surface area contributed by atoms with Crippen LogP contribution in [0.1, 0.15) is 19.4 Å². The molecular weight excluding hydrogens is 182 g/mol. The molecule has 0 aliphatic heterocycles. The van der Waals surface area contributed by atoms with Crippen LogP contribution in [0.3, 0.4) is 0 Å². The van der Waals surface area contributed by atoms with Crippen LogP contribution in [0.15, 0.2) is 61.5 Å². The summed E-state index contributed by atoms with van der Waals surface area (Å²) in [4.78, 5) is 4.04. The molecule has 0 saturated heterocycles. The Kier molecular flexibility index (Phi) is 7.97. The number of hydrogen-bond donors (Lipinski definition) is 0. The summed E-state index contributed by atoms with van der Waals surface area (Å²) in [5, 5.41) is 0. The molecule has 0 fully saturated rings. The first-order chi connectivity index (χ1) is 7.36. The van der Waals surface area contributed by atoms with Gasteiger partial charge in [0.1, 0.15) is 0 Å². The molecule has 0 N–H and O–H groups in total. The maximum atomic E-state index is 4.04. The van der Waals surface area contributed by atoms with E-state index in [0.29, 0.717) is 0 Å². The van der Waals surface area contributed by atoms with E-state index in [1.807, 2.05) is 44.3 Å². The van der Waals surface area contributed by atoms with Gasteiger partial charge in [-0.15, -0.1) is 0 Å². The zero-order chi connectivity index (χ0) is 11.5. The predicted molar refractivity (Wildman–Crippen MR) is 67.8 cm³/mol. The summed E-state index contributed by atoms with van der Waals surface area (Å²) in [5.74, 6) is 0. The summed E-state index contributed by atoms with van der Waals surface area (Å²) >= 11 is 0. The van der Waals surface area contributed by atoms with Crippen molar-refractivity contribution in [3.8, 4) is 0 Å². The molecule has 0 spiro atoms. The minimum atomic E-state index is 0.864. The zero-order valence-electron chi connectivity index (χ0n) is 9.61. The van der Waals surface area contributed by atoms with Crippen LogP contribution in [0.4, 0.5) is 0 Å². The second-order valence-electron chi connectivity index (χ2n) is 2.72. The topological polar surface area (TPSA) is 12.9 Å². The van der Waals surface area contributed by atoms with E-state index in [2.05, 4.69) is 18.1 Å². The zero-order valence-corrected chi connectivity index (χ0v) is 9.61. The van der Waals surface area contributed by atoms with Crippen molar-refractivity contribution in [1.82, 2.24) is 4.98 Å². The Hall–Kier alpha value is -1.63. The fourth-order valence-corrected chi connectivity index (χ4v) is 1.09. The van der Waals surface area contributed by atoms with Crippen molar-refractivity contribution in [2.75, 3.05) is 0 Å². The molecule has 80 valence electrons. The summed E-state index contributed by atoms with van der Waals surface area (Å²) in [6.45, 7) is 11.4. The number of rotatable bonds is 4. The molecule has 1 nitrogen and oxygen atoms in total. The normalized spacial score (nSPS) is 9.87. The van der Waals surface area contributed by atoms with E-state index in [4.69, 9.17) is 0 Å². The van der Waals surface area contributed by atoms with E-state index >= 15 is 0 Å². The maximum absolute atomic E-state index is 4.04. The lowest BCUT2D eigenvalue weighted by Gasteiger charge is -1.99. The summed E-state index contributed by atoms with van der Waals surface area (Å²) in [5.41, 5.74) is 2.35. The molecule has 1 heterocycles. The maximum Gasteiger partial charge on any atom is 0.0303 e. The van der Waals surface area contributed by atoms with Crippen molar-refractivity contribution in [3.63, 3.8) is 0 Å². The molecule has 0 atom stereocenters. The van der Waals surface area contributed by atoms with Gasteiger partial charge >= 0.3 is 0 Å². The van der Waals surface area contributed by atoms with Gasteiger partial charge in [-0.3, -0.25) is 4.98 Å². The third-order valence-electron chi connectivity index (χ3n) is 1.73. The molecule has 1 rings (SSSR count). The largest absolute Gasteiger partial charge is 0.264 e. The van der Waals surface area contributed by atoms with Gasteiger partial charge in [-0.05, 0) is 23.6 Å². The van der Waals surface area contributed by atoms with Crippen LogP contribution >= 0.6 is 0 Å². The van der Waals surface area contributed by atoms with Crippen molar-refractivity contribution < 1.29 is 0 Å². The van der Waals surface area contributed by atoms with Gasteiger partial charge in [0.05, 0.1) is 0 Å². The Labute approximate surface area is 92.9 Å². The van der Waals surface area contributed by atoms with Crippen LogP contribution in [0.2, 0.25) is 0 Å². The number of pyridine rings is 1. The van der Waals surface area contributed by atoms with Crippen LogP contribution in [0, 0.1) is 0 Å². The first-order valence-corrected chi connectivity index (χ1v) is 5.19. The molecule has 1 aromatic rings. The molecule has 0 saturated carbocycles. The lowest BCUT2D eigenvalue weighted by Crippen LogP contribution is -1.87. The van der Waals surface area contributed by atoms with Crippen LogP contribution in [-0.2, 0) is 6.42 Å². The van der Waals surface area contributed by atoms with E-state index < -0.39 is 0 Å². The van der Waals surface area contributed by atoms with E-state index in [0.717, 1.165) is 12.0 Å². The molecule has 0 aliphatic carbocycles. The lowest BCUT2D eigenvalue weighted by molar-refractivity contribution is 1.15. The van der Waals surface area contributed by atoms with Crippen molar-refractivity contribution in [2.45, 2.75) is 20.3 Å². The molecule has 0 aromatic carbocycles. The molecule has 1 heteroatoms. The van der Waals surface area contributed by atoms with Gasteiger partial charge in [-0.1, -0.05) is 51.3 Å². The van der Waals surface area contributed by atoms with Gasteiger partial charge in [0, 0.05) is 12.4 Å². The number of aromatic nitrogens is 1. The summed E-state index contributed by atoms with van der Waals surface area (Å²) in [6.07, 6.45) is 10.1. The van der Waals surface area contributed by atoms with Gasteiger partial charge in [-0.25, -0.2) is 0 Å². The lowest BCUT2D eigenvalue weighted by atomic mass is 10.1. The van der Waals surface area contributed by atoms with Crippen molar-refractivity contribution in [2.24, 2.45) is 0 Å². The molecule has 1 aromatic heterocycles. The van der Waals surface area contributed by atoms with Gasteiger partial charge in [-0.2, -0.15) is 0 Å². The number of nitrogens with zero attached hydrogens (tertiary/aromatic N) is 1. The quantitative estimate of drug-likeness (QED) is 0.672. The highest BCUT2D eigenvalue weighted by molar-refractivity contribution is 5.27. The van der Waals surface area contributed by atoms with E-state index in [1.165, 1.54) is 5.56 Å². The Bertz CT molecular complexity index is 309. The Morgan fingerprint density at radius 2 is 2.13 bits per heavy atom. The fraction of sp³-hybridized carbons (Fsp3) is 0.214. The SMILES string of the molecule is C=C/C=C(\C=C)Cc1cccnc1.CC.